The van der Waals surface area contributed by atoms with E-state index in [1.165, 1.54) is 83.5 Å². The molecule has 0 aromatic heterocycles. The highest BCUT2D eigenvalue weighted by atomic mass is 16.3. The molecule has 5 heteroatoms. The van der Waals surface area contributed by atoms with Crippen molar-refractivity contribution < 1.29 is 14.7 Å². The average molecular weight is 475 g/mol. The number of unbranched alkanes of at least 4 members (excludes halogenated alkanes) is 14. The summed E-state index contributed by atoms with van der Waals surface area (Å²) in [7, 11) is 0. The first-order valence-electron chi connectivity index (χ1n) is 13.9. The van der Waals surface area contributed by atoms with Crippen molar-refractivity contribution in [2.24, 2.45) is 0 Å². The van der Waals surface area contributed by atoms with Gasteiger partial charge in [0.1, 0.15) is 5.75 Å². The molecule has 3 N–H and O–H groups in total. The smallest absolute Gasteiger partial charge is 0.221 e. The molecule has 0 aliphatic rings. The van der Waals surface area contributed by atoms with Crippen LogP contribution in [0, 0.1) is 0 Å². The lowest BCUT2D eigenvalue weighted by Crippen LogP contribution is -2.31. The van der Waals surface area contributed by atoms with E-state index >= 15 is 0 Å². The molecule has 0 spiro atoms. The maximum Gasteiger partial charge on any atom is 0.221 e. The van der Waals surface area contributed by atoms with Crippen LogP contribution in [0.25, 0.3) is 0 Å². The lowest BCUT2D eigenvalue weighted by molar-refractivity contribution is -0.122. The fourth-order valence-electron chi connectivity index (χ4n) is 4.16. The molecular weight excluding hydrogens is 424 g/mol. The molecule has 0 aliphatic heterocycles. The summed E-state index contributed by atoms with van der Waals surface area (Å²) in [5.74, 6) is 0.241. The topological polar surface area (TPSA) is 78.4 Å². The molecule has 34 heavy (non-hydrogen) atoms. The van der Waals surface area contributed by atoms with Crippen LogP contribution in [0.5, 0.6) is 5.75 Å². The highest BCUT2D eigenvalue weighted by Gasteiger charge is 2.04. The third-order valence-corrected chi connectivity index (χ3v) is 6.35. The van der Waals surface area contributed by atoms with Crippen LogP contribution >= 0.6 is 0 Å². The Hall–Kier alpha value is -2.04. The Kier molecular flexibility index (Phi) is 19.0. The first kappa shape index (κ1) is 30.0. The minimum Gasteiger partial charge on any atom is -0.508 e. The van der Waals surface area contributed by atoms with E-state index in [1.54, 1.807) is 12.1 Å². The average Bonchev–Trinajstić information content (AvgIpc) is 2.83. The summed E-state index contributed by atoms with van der Waals surface area (Å²) in [6.07, 6.45) is 21.4. The van der Waals surface area contributed by atoms with Crippen LogP contribution in [0.1, 0.15) is 122 Å². The maximum atomic E-state index is 11.9. The lowest BCUT2D eigenvalue weighted by Gasteiger charge is -2.07. The molecule has 5 nitrogen and oxygen atoms in total. The monoisotopic (exact) mass is 474 g/mol. The van der Waals surface area contributed by atoms with Gasteiger partial charge in [-0.15, -0.1) is 0 Å². The van der Waals surface area contributed by atoms with Crippen molar-refractivity contribution in [2.75, 3.05) is 13.1 Å². The number of phenols is 1. The first-order valence-corrected chi connectivity index (χ1v) is 13.9. The summed E-state index contributed by atoms with van der Waals surface area (Å²) >= 11 is 0. The Labute approximate surface area is 208 Å². The van der Waals surface area contributed by atoms with Crippen LogP contribution in [-0.4, -0.2) is 30.0 Å². The second-order valence-electron chi connectivity index (χ2n) is 9.57. The van der Waals surface area contributed by atoms with Gasteiger partial charge in [0.2, 0.25) is 11.8 Å². The second kappa shape index (κ2) is 21.5. The van der Waals surface area contributed by atoms with Gasteiger partial charge >= 0.3 is 0 Å². The van der Waals surface area contributed by atoms with E-state index in [0.717, 1.165) is 24.8 Å². The van der Waals surface area contributed by atoms with Crippen molar-refractivity contribution in [1.29, 1.82) is 0 Å². The molecule has 0 heterocycles. The van der Waals surface area contributed by atoms with Crippen molar-refractivity contribution in [1.82, 2.24) is 10.6 Å². The molecule has 1 aromatic carbocycles. The maximum absolute atomic E-state index is 11.9. The Morgan fingerprint density at radius 1 is 0.618 bits per heavy atom. The van der Waals surface area contributed by atoms with Crippen molar-refractivity contribution in [3.8, 4) is 5.75 Å². The third kappa shape index (κ3) is 18.4. The molecule has 0 saturated carbocycles. The van der Waals surface area contributed by atoms with E-state index in [4.69, 9.17) is 0 Å². The molecule has 0 bridgehead atoms. The van der Waals surface area contributed by atoms with Gasteiger partial charge in [0, 0.05) is 25.9 Å². The van der Waals surface area contributed by atoms with Gasteiger partial charge in [-0.3, -0.25) is 9.59 Å². The predicted octanol–water partition coefficient (Wildman–Crippen LogP) is 6.82. The van der Waals surface area contributed by atoms with Crippen LogP contribution < -0.4 is 10.6 Å². The highest BCUT2D eigenvalue weighted by Crippen LogP contribution is 2.14. The fourth-order valence-corrected chi connectivity index (χ4v) is 4.16. The number of nitrogens with one attached hydrogen (secondary N) is 2. The predicted molar refractivity (Wildman–Crippen MR) is 142 cm³/mol. The van der Waals surface area contributed by atoms with E-state index < -0.39 is 0 Å². The van der Waals surface area contributed by atoms with Gasteiger partial charge in [0.05, 0.1) is 0 Å². The van der Waals surface area contributed by atoms with Crippen molar-refractivity contribution in [2.45, 2.75) is 122 Å². The first-order chi connectivity index (χ1) is 16.6. The molecule has 1 rings (SSSR count). The van der Waals surface area contributed by atoms with Crippen molar-refractivity contribution in [3.05, 3.63) is 29.8 Å². The van der Waals surface area contributed by atoms with Crippen LogP contribution in [-0.2, 0) is 16.0 Å². The van der Waals surface area contributed by atoms with Crippen LogP contribution in [0.3, 0.4) is 0 Å². The third-order valence-electron chi connectivity index (χ3n) is 6.35. The number of benzene rings is 1. The van der Waals surface area contributed by atoms with Crippen LogP contribution in [0.2, 0.25) is 0 Å². The molecule has 2 amide bonds. The molecule has 0 radical (unpaired) electrons. The van der Waals surface area contributed by atoms with Gasteiger partial charge in [-0.1, -0.05) is 109 Å². The number of amides is 2. The van der Waals surface area contributed by atoms with E-state index in [-0.39, 0.29) is 17.6 Å². The van der Waals surface area contributed by atoms with Gasteiger partial charge in [-0.25, -0.2) is 0 Å². The summed E-state index contributed by atoms with van der Waals surface area (Å²) in [4.78, 5) is 23.8. The summed E-state index contributed by atoms with van der Waals surface area (Å²) in [6, 6.07) is 6.98. The van der Waals surface area contributed by atoms with Gasteiger partial charge < -0.3 is 15.7 Å². The molecule has 0 aliphatic carbocycles. The van der Waals surface area contributed by atoms with E-state index in [0.29, 0.717) is 25.9 Å². The molecule has 194 valence electrons. The second-order valence-corrected chi connectivity index (χ2v) is 9.57. The van der Waals surface area contributed by atoms with Gasteiger partial charge in [0.25, 0.3) is 0 Å². The number of carbonyl (C=O) groups is 2. The zero-order chi connectivity index (χ0) is 24.7. The quantitative estimate of drug-likeness (QED) is 0.161. The highest BCUT2D eigenvalue weighted by molar-refractivity contribution is 5.78. The largest absolute Gasteiger partial charge is 0.508 e. The van der Waals surface area contributed by atoms with Crippen LogP contribution in [0.4, 0.5) is 0 Å². The van der Waals surface area contributed by atoms with Crippen molar-refractivity contribution in [3.63, 3.8) is 0 Å². The number of hydrogen-bond acceptors (Lipinski definition) is 3. The minimum atomic E-state index is -0.0500. The molecule has 0 unspecified atom stereocenters. The minimum absolute atomic E-state index is 0.0478. The summed E-state index contributed by atoms with van der Waals surface area (Å²) in [6.45, 7) is 3.21. The number of carbonyl (C=O) groups excluding carboxylic acids is 2. The SMILES string of the molecule is CCCCCCCCCCCCCCCCCC(=O)NCCC(=O)NCCc1ccc(O)cc1. The summed E-state index contributed by atoms with van der Waals surface area (Å²) in [5, 5.41) is 15.0. The fraction of sp³-hybridized carbons (Fsp3) is 0.724. The Morgan fingerprint density at radius 2 is 1.06 bits per heavy atom. The normalized spacial score (nSPS) is 10.9. The van der Waals surface area contributed by atoms with Crippen molar-refractivity contribution >= 4 is 11.8 Å². The molecule has 1 aromatic rings. The summed E-state index contributed by atoms with van der Waals surface area (Å²) in [5.41, 5.74) is 1.06. The summed E-state index contributed by atoms with van der Waals surface area (Å²) < 4.78 is 0. The Morgan fingerprint density at radius 3 is 1.59 bits per heavy atom. The number of hydrogen-bond donors (Lipinski definition) is 3. The Bertz CT molecular complexity index is 631. The zero-order valence-corrected chi connectivity index (χ0v) is 21.7. The van der Waals surface area contributed by atoms with E-state index in [2.05, 4.69) is 17.6 Å². The molecular formula is C29H50N2O3. The van der Waals surface area contributed by atoms with Gasteiger partial charge in [-0.05, 0) is 30.5 Å². The van der Waals surface area contributed by atoms with E-state index in [1.807, 2.05) is 12.1 Å². The van der Waals surface area contributed by atoms with Gasteiger partial charge in [-0.2, -0.15) is 0 Å². The molecule has 0 saturated heterocycles. The number of phenolic OH excluding ortho intramolecular Hbond substituents is 1. The Balaban J connectivity index is 1.82. The van der Waals surface area contributed by atoms with Gasteiger partial charge in [0.15, 0.2) is 0 Å². The number of aromatic hydroxyl groups is 1. The zero-order valence-electron chi connectivity index (χ0n) is 21.7. The molecule has 0 fully saturated rings. The molecule has 0 atom stereocenters. The van der Waals surface area contributed by atoms with E-state index in [9.17, 15) is 14.7 Å². The standard InChI is InChI=1S/C29H50N2O3/c1-2-3-4-5-6-7-8-9-10-11-12-13-14-15-16-17-28(33)31-25-23-29(34)30-24-22-26-18-20-27(32)21-19-26/h18-21,32H,2-17,22-25H2,1H3,(H,30,34)(H,31,33). The number of rotatable bonds is 22. The van der Waals surface area contributed by atoms with Crippen LogP contribution in [0.15, 0.2) is 24.3 Å². The lowest BCUT2D eigenvalue weighted by atomic mass is 10.0.